The van der Waals surface area contributed by atoms with Crippen molar-refractivity contribution >= 4 is 15.9 Å². The van der Waals surface area contributed by atoms with Gasteiger partial charge in [0.05, 0.1) is 11.6 Å². The van der Waals surface area contributed by atoms with Crippen molar-refractivity contribution in [2.24, 2.45) is 0 Å². The maximum atomic E-state index is 9.95. The molecule has 88 valence electrons. The molecule has 1 aliphatic rings. The van der Waals surface area contributed by atoms with Crippen LogP contribution in [0.3, 0.4) is 0 Å². The number of rotatable bonds is 2. The monoisotopic (exact) mass is 285 g/mol. The van der Waals surface area contributed by atoms with E-state index in [0.717, 1.165) is 24.9 Å². The number of aromatic hydroxyl groups is 1. The summed E-state index contributed by atoms with van der Waals surface area (Å²) < 4.78 is 5.98. The standard InChI is InChI=1S/C12H16BrNO2/c1-12(6-3-7-14-12)8-4-5-9(13)10(15)11(8)16-2/h4-5,14-15H,3,6-7H2,1-2H3. The third kappa shape index (κ3) is 1.80. The van der Waals surface area contributed by atoms with Gasteiger partial charge in [-0.1, -0.05) is 6.07 Å². The van der Waals surface area contributed by atoms with Crippen LogP contribution < -0.4 is 10.1 Å². The molecule has 16 heavy (non-hydrogen) atoms. The Balaban J connectivity index is 2.52. The van der Waals surface area contributed by atoms with Crippen molar-refractivity contribution in [3.63, 3.8) is 0 Å². The maximum Gasteiger partial charge on any atom is 0.172 e. The normalized spacial score (nSPS) is 24.7. The quantitative estimate of drug-likeness (QED) is 0.878. The van der Waals surface area contributed by atoms with E-state index in [1.54, 1.807) is 7.11 Å². The summed E-state index contributed by atoms with van der Waals surface area (Å²) >= 11 is 3.30. The summed E-state index contributed by atoms with van der Waals surface area (Å²) in [4.78, 5) is 0. The summed E-state index contributed by atoms with van der Waals surface area (Å²) in [5.41, 5.74) is 0.928. The molecule has 0 saturated carbocycles. The van der Waals surface area contributed by atoms with Crippen molar-refractivity contribution in [2.75, 3.05) is 13.7 Å². The summed E-state index contributed by atoms with van der Waals surface area (Å²) in [6, 6.07) is 3.86. The fraction of sp³-hybridized carbons (Fsp3) is 0.500. The van der Waals surface area contributed by atoms with Crippen LogP contribution in [-0.2, 0) is 5.54 Å². The van der Waals surface area contributed by atoms with Crippen molar-refractivity contribution in [2.45, 2.75) is 25.3 Å². The Labute approximate surface area is 104 Å². The highest BCUT2D eigenvalue weighted by Gasteiger charge is 2.33. The lowest BCUT2D eigenvalue weighted by atomic mass is 9.89. The number of methoxy groups -OCH3 is 1. The molecule has 0 aromatic heterocycles. The van der Waals surface area contributed by atoms with Crippen LogP contribution in [0.1, 0.15) is 25.3 Å². The van der Waals surface area contributed by atoms with E-state index in [4.69, 9.17) is 4.74 Å². The van der Waals surface area contributed by atoms with E-state index < -0.39 is 0 Å². The van der Waals surface area contributed by atoms with Crippen LogP contribution in [0.5, 0.6) is 11.5 Å². The number of benzene rings is 1. The Morgan fingerprint density at radius 3 is 2.81 bits per heavy atom. The van der Waals surface area contributed by atoms with E-state index in [2.05, 4.69) is 28.2 Å². The second-order valence-electron chi connectivity index (χ2n) is 4.34. The van der Waals surface area contributed by atoms with Crippen LogP contribution in [0.4, 0.5) is 0 Å². The minimum absolute atomic E-state index is 0.0937. The Bertz CT molecular complexity index is 400. The predicted molar refractivity (Wildman–Crippen MR) is 66.9 cm³/mol. The molecule has 1 aliphatic heterocycles. The third-order valence-corrected chi connectivity index (χ3v) is 3.89. The molecule has 4 heteroatoms. The van der Waals surface area contributed by atoms with Crippen LogP contribution in [0, 0.1) is 0 Å². The van der Waals surface area contributed by atoms with Gasteiger partial charge in [0, 0.05) is 11.1 Å². The van der Waals surface area contributed by atoms with Gasteiger partial charge in [-0.2, -0.15) is 0 Å². The lowest BCUT2D eigenvalue weighted by Crippen LogP contribution is -2.33. The molecule has 0 spiro atoms. The lowest BCUT2D eigenvalue weighted by Gasteiger charge is -2.27. The Hall–Kier alpha value is -0.740. The molecule has 3 nitrogen and oxygen atoms in total. The summed E-state index contributed by atoms with van der Waals surface area (Å²) in [6.07, 6.45) is 2.21. The molecule has 1 atom stereocenters. The highest BCUT2D eigenvalue weighted by atomic mass is 79.9. The van der Waals surface area contributed by atoms with Crippen LogP contribution >= 0.6 is 15.9 Å². The number of hydrogen-bond donors (Lipinski definition) is 2. The molecule has 0 radical (unpaired) electrons. The summed E-state index contributed by atoms with van der Waals surface area (Å²) in [5.74, 6) is 0.737. The number of ether oxygens (including phenoxy) is 1. The summed E-state index contributed by atoms with van der Waals surface area (Å²) in [7, 11) is 1.59. The average molecular weight is 286 g/mol. The molecule has 1 saturated heterocycles. The van der Waals surface area contributed by atoms with Crippen molar-refractivity contribution in [1.82, 2.24) is 5.32 Å². The lowest BCUT2D eigenvalue weighted by molar-refractivity contribution is 0.343. The van der Waals surface area contributed by atoms with Crippen LogP contribution in [0.25, 0.3) is 0 Å². The summed E-state index contributed by atoms with van der Waals surface area (Å²) in [5, 5.41) is 13.4. The molecule has 1 aromatic rings. The zero-order valence-corrected chi connectivity index (χ0v) is 11.1. The predicted octanol–water partition coefficient (Wildman–Crippen LogP) is 2.76. The highest BCUT2D eigenvalue weighted by molar-refractivity contribution is 9.10. The smallest absolute Gasteiger partial charge is 0.172 e. The number of phenols is 1. The molecule has 0 aliphatic carbocycles. The van der Waals surface area contributed by atoms with Crippen LogP contribution in [0.2, 0.25) is 0 Å². The minimum atomic E-state index is -0.0937. The van der Waals surface area contributed by atoms with E-state index in [1.807, 2.05) is 12.1 Å². The first-order chi connectivity index (χ1) is 7.58. The fourth-order valence-corrected chi connectivity index (χ4v) is 2.62. The van der Waals surface area contributed by atoms with Crippen molar-refractivity contribution in [1.29, 1.82) is 0 Å². The first-order valence-corrected chi connectivity index (χ1v) is 6.19. The largest absolute Gasteiger partial charge is 0.503 e. The Morgan fingerprint density at radius 2 is 2.25 bits per heavy atom. The van der Waals surface area contributed by atoms with Gasteiger partial charge in [-0.05, 0) is 48.3 Å². The van der Waals surface area contributed by atoms with E-state index in [0.29, 0.717) is 10.2 Å². The molecule has 1 unspecified atom stereocenters. The molecule has 2 rings (SSSR count). The maximum absolute atomic E-state index is 9.95. The van der Waals surface area contributed by atoms with Crippen molar-refractivity contribution < 1.29 is 9.84 Å². The van der Waals surface area contributed by atoms with Gasteiger partial charge < -0.3 is 15.2 Å². The third-order valence-electron chi connectivity index (χ3n) is 3.25. The minimum Gasteiger partial charge on any atom is -0.503 e. The molecule has 1 aromatic carbocycles. The Kier molecular flexibility index (Phi) is 3.13. The van der Waals surface area contributed by atoms with E-state index in [-0.39, 0.29) is 11.3 Å². The number of phenolic OH excluding ortho intramolecular Hbond substituents is 1. The fourth-order valence-electron chi connectivity index (χ4n) is 2.31. The molecule has 2 N–H and O–H groups in total. The van der Waals surface area contributed by atoms with E-state index >= 15 is 0 Å². The SMILES string of the molecule is COc1c(C2(C)CCCN2)ccc(Br)c1O. The average Bonchev–Trinajstić information content (AvgIpc) is 2.70. The summed E-state index contributed by atoms with van der Waals surface area (Å²) in [6.45, 7) is 3.15. The van der Waals surface area contributed by atoms with Gasteiger partial charge >= 0.3 is 0 Å². The molecule has 1 fully saturated rings. The van der Waals surface area contributed by atoms with Crippen molar-refractivity contribution in [3.8, 4) is 11.5 Å². The van der Waals surface area contributed by atoms with Gasteiger partial charge in [0.1, 0.15) is 0 Å². The van der Waals surface area contributed by atoms with Gasteiger partial charge in [-0.3, -0.25) is 0 Å². The zero-order chi connectivity index (χ0) is 11.8. The first-order valence-electron chi connectivity index (χ1n) is 5.39. The zero-order valence-electron chi connectivity index (χ0n) is 9.51. The van der Waals surface area contributed by atoms with Gasteiger partial charge in [0.15, 0.2) is 11.5 Å². The van der Waals surface area contributed by atoms with Gasteiger partial charge in [-0.15, -0.1) is 0 Å². The van der Waals surface area contributed by atoms with E-state index in [1.165, 1.54) is 0 Å². The number of hydrogen-bond acceptors (Lipinski definition) is 3. The van der Waals surface area contributed by atoms with Gasteiger partial charge in [0.2, 0.25) is 0 Å². The second kappa shape index (κ2) is 4.26. The number of nitrogens with one attached hydrogen (secondary N) is 1. The van der Waals surface area contributed by atoms with Crippen LogP contribution in [0.15, 0.2) is 16.6 Å². The van der Waals surface area contributed by atoms with Gasteiger partial charge in [0.25, 0.3) is 0 Å². The van der Waals surface area contributed by atoms with Crippen molar-refractivity contribution in [3.05, 3.63) is 22.2 Å². The molecule has 1 heterocycles. The molecular weight excluding hydrogens is 270 g/mol. The molecular formula is C12H16BrNO2. The topological polar surface area (TPSA) is 41.5 Å². The molecule has 0 bridgehead atoms. The van der Waals surface area contributed by atoms with E-state index in [9.17, 15) is 5.11 Å². The van der Waals surface area contributed by atoms with Gasteiger partial charge in [-0.25, -0.2) is 0 Å². The number of halogens is 1. The molecule has 0 amide bonds. The Morgan fingerprint density at radius 1 is 1.50 bits per heavy atom. The highest BCUT2D eigenvalue weighted by Crippen LogP contribution is 2.43. The van der Waals surface area contributed by atoms with Crippen LogP contribution in [-0.4, -0.2) is 18.8 Å². The second-order valence-corrected chi connectivity index (χ2v) is 5.19. The first kappa shape index (κ1) is 11.7.